The first-order valence-electron chi connectivity index (χ1n) is 13.1. The molecule has 0 aliphatic carbocycles. The van der Waals surface area contributed by atoms with Crippen LogP contribution in [0.5, 0.6) is 0 Å². The number of benzene rings is 1. The molecular formula is C26H42F3N3O5SSi. The van der Waals surface area contributed by atoms with Crippen molar-refractivity contribution in [2.75, 3.05) is 26.4 Å². The van der Waals surface area contributed by atoms with Gasteiger partial charge in [0.15, 0.2) is 11.9 Å². The Bertz CT molecular complexity index is 1140. The highest BCUT2D eigenvalue weighted by Crippen LogP contribution is 2.35. The van der Waals surface area contributed by atoms with Gasteiger partial charge in [0, 0.05) is 20.2 Å². The molecule has 8 nitrogen and oxygen atoms in total. The number of nitrogens with one attached hydrogen (secondary N) is 1. The third-order valence-corrected chi connectivity index (χ3v) is 9.64. The maximum Gasteiger partial charge on any atom is 0.416 e. The predicted octanol–water partition coefficient (Wildman–Crippen LogP) is 5.84. The van der Waals surface area contributed by atoms with Crippen LogP contribution in [0.1, 0.15) is 58.3 Å². The van der Waals surface area contributed by atoms with Gasteiger partial charge in [-0.2, -0.15) is 13.2 Å². The van der Waals surface area contributed by atoms with E-state index in [1.54, 1.807) is 25.3 Å². The summed E-state index contributed by atoms with van der Waals surface area (Å²) in [6.07, 6.45) is -5.09. The second-order valence-electron chi connectivity index (χ2n) is 12.4. The van der Waals surface area contributed by atoms with Crippen molar-refractivity contribution in [2.45, 2.75) is 95.9 Å². The fourth-order valence-corrected chi connectivity index (χ4v) is 5.18. The van der Waals surface area contributed by atoms with Crippen LogP contribution >= 0.6 is 0 Å². The number of alkyl halides is 3. The van der Waals surface area contributed by atoms with Gasteiger partial charge in [0.1, 0.15) is 18.6 Å². The van der Waals surface area contributed by atoms with E-state index in [1.165, 1.54) is 0 Å². The Morgan fingerprint density at radius 1 is 1.15 bits per heavy atom. The zero-order chi connectivity index (χ0) is 29.2. The largest absolute Gasteiger partial charge is 0.416 e. The quantitative estimate of drug-likeness (QED) is 0.246. The number of rotatable bonds is 12. The lowest BCUT2D eigenvalue weighted by molar-refractivity contribution is -0.265. The fourth-order valence-electron chi connectivity index (χ4n) is 3.64. The van der Waals surface area contributed by atoms with E-state index in [9.17, 15) is 17.4 Å². The molecule has 1 saturated heterocycles. The molecule has 1 aromatic heterocycles. The zero-order valence-electron chi connectivity index (χ0n) is 24.1. The van der Waals surface area contributed by atoms with E-state index in [0.29, 0.717) is 31.2 Å². The van der Waals surface area contributed by atoms with E-state index in [2.05, 4.69) is 24.4 Å². The van der Waals surface area contributed by atoms with Crippen molar-refractivity contribution < 1.29 is 36.3 Å². The third kappa shape index (κ3) is 8.57. The summed E-state index contributed by atoms with van der Waals surface area (Å²) in [7, 11) is -2.95. The van der Waals surface area contributed by atoms with Crippen molar-refractivity contribution in [3.05, 3.63) is 29.6 Å². The molecule has 222 valence electrons. The summed E-state index contributed by atoms with van der Waals surface area (Å²) in [4.78, 5) is 4.79. The van der Waals surface area contributed by atoms with E-state index < -0.39 is 54.5 Å². The highest BCUT2D eigenvalue weighted by Gasteiger charge is 2.49. The maximum atomic E-state index is 13.6. The van der Waals surface area contributed by atoms with E-state index in [0.717, 1.165) is 31.0 Å². The molecule has 1 aliphatic heterocycles. The van der Waals surface area contributed by atoms with Gasteiger partial charge in [-0.05, 0) is 52.8 Å². The Balaban J connectivity index is 2.02. The lowest BCUT2D eigenvalue weighted by Crippen LogP contribution is -2.45. The number of aromatic nitrogens is 2. The summed E-state index contributed by atoms with van der Waals surface area (Å²) in [6, 6.07) is 5.62. The maximum absolute atomic E-state index is 13.6. The minimum Gasteiger partial charge on any atom is -0.364 e. The lowest BCUT2D eigenvalue weighted by Gasteiger charge is -2.31. The Labute approximate surface area is 232 Å². The molecule has 39 heavy (non-hydrogen) atoms. The molecule has 1 fully saturated rings. The van der Waals surface area contributed by atoms with Gasteiger partial charge in [0.05, 0.1) is 46.6 Å². The van der Waals surface area contributed by atoms with Crippen LogP contribution in [-0.2, 0) is 36.7 Å². The van der Waals surface area contributed by atoms with Gasteiger partial charge >= 0.3 is 6.18 Å². The van der Waals surface area contributed by atoms with Gasteiger partial charge in [-0.25, -0.2) is 13.9 Å². The van der Waals surface area contributed by atoms with Crippen LogP contribution < -0.4 is 4.72 Å². The molecule has 1 aromatic carbocycles. The molecule has 3 rings (SSSR count). The van der Waals surface area contributed by atoms with Gasteiger partial charge in [0.25, 0.3) is 0 Å². The van der Waals surface area contributed by atoms with Gasteiger partial charge in [-0.15, -0.1) is 0 Å². The van der Waals surface area contributed by atoms with Crippen LogP contribution in [0.2, 0.25) is 25.7 Å². The summed E-state index contributed by atoms with van der Waals surface area (Å²) < 4.78 is 80.8. The Hall–Kier alpha value is -1.35. The second-order valence-corrected chi connectivity index (χ2v) is 20.1. The molecule has 0 saturated carbocycles. The standard InChI is InChI=1S/C26H42F3N3O5SSi/c1-24(2,3)38(33)31-20(16-37-25(4,5)26(27,28)29)22-30-19-15-18(23-35-11-12-36-23)9-10-21(19)32(22)17-34-13-14-39(6,7)8/h9-10,15,20,23,31H,11-14,16-17H2,1-8H3/t20-,38?/m0/s1. The SMILES string of the molecule is CC(C)(C)S(=O)N[C@@H](COC(C)(C)C(F)(F)F)c1nc2cc(C3OCCO3)ccc2n1COCC[Si](C)(C)C. The van der Waals surface area contributed by atoms with Gasteiger partial charge in [0.2, 0.25) is 0 Å². The topological polar surface area (TPSA) is 83.8 Å². The summed E-state index contributed by atoms with van der Waals surface area (Å²) >= 11 is 0. The van der Waals surface area contributed by atoms with Crippen molar-refractivity contribution in [1.82, 2.24) is 14.3 Å². The van der Waals surface area contributed by atoms with Gasteiger partial charge in [-0.3, -0.25) is 0 Å². The van der Waals surface area contributed by atoms with Crippen molar-refractivity contribution in [3.63, 3.8) is 0 Å². The number of imidazole rings is 1. The lowest BCUT2D eigenvalue weighted by atomic mass is 10.1. The molecule has 2 heterocycles. The smallest absolute Gasteiger partial charge is 0.364 e. The molecule has 0 radical (unpaired) electrons. The van der Waals surface area contributed by atoms with E-state index in [-0.39, 0.29) is 6.73 Å². The van der Waals surface area contributed by atoms with Crippen molar-refractivity contribution in [1.29, 1.82) is 0 Å². The normalized spacial score (nSPS) is 17.7. The van der Waals surface area contributed by atoms with Crippen LogP contribution in [0.15, 0.2) is 18.2 Å². The summed E-state index contributed by atoms with van der Waals surface area (Å²) in [5.74, 6) is 0.374. The van der Waals surface area contributed by atoms with Crippen LogP contribution in [-0.4, -0.2) is 64.8 Å². The molecule has 1 unspecified atom stereocenters. The first-order chi connectivity index (χ1) is 17.9. The zero-order valence-corrected chi connectivity index (χ0v) is 25.9. The molecule has 0 bridgehead atoms. The summed E-state index contributed by atoms with van der Waals surface area (Å²) in [6.45, 7) is 15.3. The number of hydrogen-bond donors (Lipinski definition) is 1. The summed E-state index contributed by atoms with van der Waals surface area (Å²) in [5.41, 5.74) is -0.305. The molecule has 1 N–H and O–H groups in total. The average Bonchev–Trinajstić information content (AvgIpc) is 3.45. The molecule has 2 aromatic rings. The molecular weight excluding hydrogens is 551 g/mol. The van der Waals surface area contributed by atoms with E-state index in [4.69, 9.17) is 23.9 Å². The number of nitrogens with zero attached hydrogens (tertiary/aromatic N) is 2. The Kier molecular flexibility index (Phi) is 10.1. The fraction of sp³-hybridized carbons (Fsp3) is 0.731. The predicted molar refractivity (Wildman–Crippen MR) is 148 cm³/mol. The molecule has 2 atom stereocenters. The number of hydrogen-bond acceptors (Lipinski definition) is 6. The molecule has 1 aliphatic rings. The van der Waals surface area contributed by atoms with E-state index >= 15 is 0 Å². The number of halogens is 3. The third-order valence-electron chi connectivity index (χ3n) is 6.32. The van der Waals surface area contributed by atoms with Crippen molar-refractivity contribution in [3.8, 4) is 0 Å². The number of ether oxygens (including phenoxy) is 4. The van der Waals surface area contributed by atoms with Crippen molar-refractivity contribution in [2.24, 2.45) is 0 Å². The summed E-state index contributed by atoms with van der Waals surface area (Å²) in [5, 5.41) is 0. The van der Waals surface area contributed by atoms with Crippen LogP contribution in [0.4, 0.5) is 13.2 Å². The molecule has 13 heteroatoms. The Morgan fingerprint density at radius 3 is 2.36 bits per heavy atom. The second kappa shape index (κ2) is 12.3. The highest BCUT2D eigenvalue weighted by atomic mass is 32.2. The first-order valence-corrected chi connectivity index (χ1v) is 17.9. The average molecular weight is 594 g/mol. The van der Waals surface area contributed by atoms with E-state index in [1.807, 2.05) is 18.2 Å². The van der Waals surface area contributed by atoms with Crippen LogP contribution in [0.3, 0.4) is 0 Å². The van der Waals surface area contributed by atoms with Gasteiger partial charge < -0.3 is 23.5 Å². The van der Waals surface area contributed by atoms with Crippen molar-refractivity contribution >= 4 is 30.1 Å². The number of fused-ring (bicyclic) bond motifs is 1. The Morgan fingerprint density at radius 2 is 1.79 bits per heavy atom. The minimum absolute atomic E-state index is 0.134. The molecule has 0 amide bonds. The minimum atomic E-state index is -4.59. The monoisotopic (exact) mass is 593 g/mol. The van der Waals surface area contributed by atoms with Gasteiger partial charge in [-0.1, -0.05) is 25.7 Å². The first kappa shape index (κ1) is 32.2. The molecule has 0 spiro atoms. The van der Waals surface area contributed by atoms with Crippen LogP contribution in [0.25, 0.3) is 11.0 Å². The van der Waals surface area contributed by atoms with Crippen LogP contribution in [0, 0.1) is 0 Å². The highest BCUT2D eigenvalue weighted by molar-refractivity contribution is 7.84.